The summed E-state index contributed by atoms with van der Waals surface area (Å²) in [7, 11) is 0. The van der Waals surface area contributed by atoms with Crippen LogP contribution in [0, 0.1) is 0 Å². The summed E-state index contributed by atoms with van der Waals surface area (Å²) in [5.74, 6) is 0. The van der Waals surface area contributed by atoms with Gasteiger partial charge in [0.25, 0.3) is 0 Å². The summed E-state index contributed by atoms with van der Waals surface area (Å²) >= 11 is 0. The second-order valence-electron chi connectivity index (χ2n) is 3.89. The van der Waals surface area contributed by atoms with Gasteiger partial charge >= 0.3 is 0 Å². The first kappa shape index (κ1) is 10.0. The van der Waals surface area contributed by atoms with Gasteiger partial charge in [-0.3, -0.25) is 0 Å². The van der Waals surface area contributed by atoms with Crippen molar-refractivity contribution >= 4 is 5.69 Å². The summed E-state index contributed by atoms with van der Waals surface area (Å²) in [5, 5.41) is 9.80. The molecule has 0 amide bonds. The van der Waals surface area contributed by atoms with Gasteiger partial charge < -0.3 is 16.6 Å². The average Bonchev–Trinajstić information content (AvgIpc) is 2.01. The smallest absolute Gasteiger partial charge is 0.0964 e. The molecule has 0 fully saturated rings. The quantitative estimate of drug-likeness (QED) is 0.595. The first-order chi connectivity index (χ1) is 5.91. The predicted octanol–water partition coefficient (Wildman–Crippen LogP) is 1.04. The van der Waals surface area contributed by atoms with E-state index in [1.165, 1.54) is 0 Å². The molecule has 5 N–H and O–H groups in total. The molecule has 0 aliphatic heterocycles. The Morgan fingerprint density at radius 3 is 2.46 bits per heavy atom. The van der Waals surface area contributed by atoms with Crippen molar-refractivity contribution in [2.75, 3.05) is 5.73 Å². The van der Waals surface area contributed by atoms with Gasteiger partial charge in [0.15, 0.2) is 0 Å². The van der Waals surface area contributed by atoms with Crippen molar-refractivity contribution in [2.24, 2.45) is 5.73 Å². The fourth-order valence-electron chi connectivity index (χ4n) is 1.16. The Hall–Kier alpha value is -1.06. The van der Waals surface area contributed by atoms with Crippen molar-refractivity contribution in [1.29, 1.82) is 0 Å². The maximum Gasteiger partial charge on any atom is 0.0964 e. The molecule has 0 heterocycles. The molecule has 0 saturated carbocycles. The maximum absolute atomic E-state index is 9.80. The second kappa shape index (κ2) is 3.36. The third kappa shape index (κ3) is 2.44. The minimum atomic E-state index is -0.684. The molecule has 0 aliphatic carbocycles. The van der Waals surface area contributed by atoms with E-state index in [-0.39, 0.29) is 0 Å². The summed E-state index contributed by atoms with van der Waals surface area (Å²) < 4.78 is 0. The number of rotatable bonds is 2. The fraction of sp³-hybridized carbons (Fsp3) is 0.400. The van der Waals surface area contributed by atoms with Gasteiger partial charge in [-0.25, -0.2) is 0 Å². The van der Waals surface area contributed by atoms with Gasteiger partial charge in [0.05, 0.1) is 6.10 Å². The summed E-state index contributed by atoms with van der Waals surface area (Å²) in [4.78, 5) is 0. The van der Waals surface area contributed by atoms with Gasteiger partial charge in [-0.05, 0) is 31.5 Å². The van der Waals surface area contributed by atoms with Crippen molar-refractivity contribution in [3.63, 3.8) is 0 Å². The number of aliphatic hydroxyl groups excluding tert-OH is 1. The van der Waals surface area contributed by atoms with E-state index in [9.17, 15) is 5.11 Å². The largest absolute Gasteiger partial charge is 0.399 e. The van der Waals surface area contributed by atoms with Crippen LogP contribution in [-0.2, 0) is 0 Å². The average molecular weight is 180 g/mol. The van der Waals surface area contributed by atoms with Crippen molar-refractivity contribution in [3.05, 3.63) is 29.8 Å². The van der Waals surface area contributed by atoms with Crippen LogP contribution in [0.5, 0.6) is 0 Å². The van der Waals surface area contributed by atoms with E-state index in [2.05, 4.69) is 0 Å². The molecular formula is C10H16N2O. The first-order valence-corrected chi connectivity index (χ1v) is 4.23. The number of aliphatic hydroxyl groups is 1. The van der Waals surface area contributed by atoms with Gasteiger partial charge in [0.1, 0.15) is 0 Å². The number of hydrogen-bond acceptors (Lipinski definition) is 3. The highest BCUT2D eigenvalue weighted by Crippen LogP contribution is 2.24. The lowest BCUT2D eigenvalue weighted by Crippen LogP contribution is -2.39. The highest BCUT2D eigenvalue weighted by molar-refractivity contribution is 5.41. The summed E-state index contributed by atoms with van der Waals surface area (Å²) in [6.45, 7) is 3.56. The molecule has 72 valence electrons. The van der Waals surface area contributed by atoms with Crippen molar-refractivity contribution in [2.45, 2.75) is 25.5 Å². The number of hydrogen-bond donors (Lipinski definition) is 3. The van der Waals surface area contributed by atoms with Gasteiger partial charge in [0, 0.05) is 11.2 Å². The Balaban J connectivity index is 2.96. The third-order valence-corrected chi connectivity index (χ3v) is 1.93. The molecule has 0 spiro atoms. The van der Waals surface area contributed by atoms with E-state index in [0.29, 0.717) is 5.69 Å². The molecule has 3 heteroatoms. The van der Waals surface area contributed by atoms with E-state index in [1.807, 2.05) is 6.07 Å². The molecule has 0 radical (unpaired) electrons. The van der Waals surface area contributed by atoms with Crippen LogP contribution in [0.4, 0.5) is 5.69 Å². The molecule has 0 saturated heterocycles. The number of nitrogens with two attached hydrogens (primary N) is 2. The predicted molar refractivity (Wildman–Crippen MR) is 54.1 cm³/mol. The number of benzene rings is 1. The van der Waals surface area contributed by atoms with E-state index >= 15 is 0 Å². The van der Waals surface area contributed by atoms with Gasteiger partial charge in [0.2, 0.25) is 0 Å². The number of anilines is 1. The van der Waals surface area contributed by atoms with Crippen LogP contribution in [0.25, 0.3) is 0 Å². The molecule has 0 aromatic heterocycles. The zero-order chi connectivity index (χ0) is 10.1. The van der Waals surface area contributed by atoms with E-state index < -0.39 is 11.6 Å². The van der Waals surface area contributed by atoms with Crippen molar-refractivity contribution in [3.8, 4) is 0 Å². The molecule has 1 unspecified atom stereocenters. The third-order valence-electron chi connectivity index (χ3n) is 1.93. The zero-order valence-electron chi connectivity index (χ0n) is 7.99. The van der Waals surface area contributed by atoms with Crippen LogP contribution in [0.3, 0.4) is 0 Å². The van der Waals surface area contributed by atoms with Crippen LogP contribution in [0.1, 0.15) is 25.5 Å². The summed E-state index contributed by atoms with van der Waals surface area (Å²) in [5.41, 5.74) is 12.1. The first-order valence-electron chi connectivity index (χ1n) is 4.23. The molecule has 1 aromatic rings. The Morgan fingerprint density at radius 2 is 2.00 bits per heavy atom. The Bertz CT molecular complexity index is 291. The highest BCUT2D eigenvalue weighted by Gasteiger charge is 2.24. The molecule has 0 bridgehead atoms. The Kier molecular flexibility index (Phi) is 2.59. The minimum Gasteiger partial charge on any atom is -0.399 e. The lowest BCUT2D eigenvalue weighted by Gasteiger charge is -2.26. The van der Waals surface area contributed by atoms with Crippen LogP contribution in [-0.4, -0.2) is 10.6 Å². The normalized spacial score (nSPS) is 14.2. The highest BCUT2D eigenvalue weighted by atomic mass is 16.3. The zero-order valence-corrected chi connectivity index (χ0v) is 7.99. The molecule has 0 aliphatic rings. The van der Waals surface area contributed by atoms with Gasteiger partial charge in [-0.2, -0.15) is 0 Å². The fourth-order valence-corrected chi connectivity index (χ4v) is 1.16. The van der Waals surface area contributed by atoms with Crippen molar-refractivity contribution in [1.82, 2.24) is 0 Å². The van der Waals surface area contributed by atoms with Crippen LogP contribution < -0.4 is 11.5 Å². The van der Waals surface area contributed by atoms with Gasteiger partial charge in [-0.15, -0.1) is 0 Å². The summed E-state index contributed by atoms with van der Waals surface area (Å²) in [6.07, 6.45) is -0.684. The van der Waals surface area contributed by atoms with E-state index in [1.54, 1.807) is 32.0 Å². The minimum absolute atomic E-state index is 0.640. The van der Waals surface area contributed by atoms with Gasteiger partial charge in [-0.1, -0.05) is 12.1 Å². The lowest BCUT2D eigenvalue weighted by molar-refractivity contribution is 0.105. The van der Waals surface area contributed by atoms with E-state index in [0.717, 1.165) is 5.56 Å². The molecular weight excluding hydrogens is 164 g/mol. The van der Waals surface area contributed by atoms with Crippen LogP contribution in [0.15, 0.2) is 24.3 Å². The topological polar surface area (TPSA) is 72.3 Å². The van der Waals surface area contributed by atoms with Crippen LogP contribution >= 0.6 is 0 Å². The second-order valence-corrected chi connectivity index (χ2v) is 3.89. The maximum atomic E-state index is 9.80. The molecule has 1 atom stereocenters. The Morgan fingerprint density at radius 1 is 1.38 bits per heavy atom. The van der Waals surface area contributed by atoms with Crippen LogP contribution in [0.2, 0.25) is 0 Å². The summed E-state index contributed by atoms with van der Waals surface area (Å²) in [6, 6.07) is 7.13. The SMILES string of the molecule is CC(C)(N)C(O)c1cccc(N)c1. The number of nitrogen functional groups attached to an aromatic ring is 1. The molecule has 1 aromatic carbocycles. The Labute approximate surface area is 78.4 Å². The lowest BCUT2D eigenvalue weighted by atomic mass is 9.92. The van der Waals surface area contributed by atoms with E-state index in [4.69, 9.17) is 11.5 Å². The molecule has 3 nitrogen and oxygen atoms in total. The molecule has 1 rings (SSSR count). The molecule has 13 heavy (non-hydrogen) atoms. The standard InChI is InChI=1S/C10H16N2O/c1-10(2,12)9(13)7-4-3-5-8(11)6-7/h3-6,9,13H,11-12H2,1-2H3. The monoisotopic (exact) mass is 180 g/mol. The van der Waals surface area contributed by atoms with Crippen molar-refractivity contribution < 1.29 is 5.11 Å².